The number of benzene rings is 1. The molecule has 0 saturated carbocycles. The number of nitrogens with one attached hydrogen (secondary N) is 3. The molecule has 9 heteroatoms. The number of aromatic nitrogens is 1. The maximum atomic E-state index is 12.7. The highest BCUT2D eigenvalue weighted by Crippen LogP contribution is 2.37. The van der Waals surface area contributed by atoms with E-state index in [9.17, 15) is 14.4 Å². The SMILES string of the molecule is O=C(CC1NC(=O)N(Cc2ccco2)C1=O)NC1CCCc2c1[nH]c1c(Cl)cccc21. The fraction of sp³-hybridized carbons (Fsp3) is 0.318. The molecule has 8 nitrogen and oxygen atoms in total. The van der Waals surface area contributed by atoms with Crippen molar-refractivity contribution < 1.29 is 18.8 Å². The van der Waals surface area contributed by atoms with Crippen LogP contribution in [0.4, 0.5) is 4.79 Å². The molecule has 4 amide bonds. The monoisotopic (exact) mass is 440 g/mol. The van der Waals surface area contributed by atoms with Crippen LogP contribution in [-0.2, 0) is 22.6 Å². The average Bonchev–Trinajstić information content (AvgIpc) is 3.45. The zero-order valence-corrected chi connectivity index (χ0v) is 17.4. The average molecular weight is 441 g/mol. The minimum atomic E-state index is -0.886. The highest BCUT2D eigenvalue weighted by atomic mass is 35.5. The number of hydrogen-bond donors (Lipinski definition) is 3. The number of carbonyl (C=O) groups is 3. The molecule has 0 bridgehead atoms. The Balaban J connectivity index is 1.28. The van der Waals surface area contributed by atoms with Crippen LogP contribution in [0, 0.1) is 0 Å². The fourth-order valence-corrected chi connectivity index (χ4v) is 4.68. The summed E-state index contributed by atoms with van der Waals surface area (Å²) in [6, 6.07) is 7.56. The lowest BCUT2D eigenvalue weighted by atomic mass is 9.91. The molecular formula is C22H21ClN4O4. The number of imide groups is 1. The van der Waals surface area contributed by atoms with E-state index in [1.807, 2.05) is 18.2 Å². The van der Waals surface area contributed by atoms with Crippen LogP contribution in [0.1, 0.15) is 42.3 Å². The molecule has 1 aromatic carbocycles. The van der Waals surface area contributed by atoms with E-state index in [1.54, 1.807) is 12.1 Å². The lowest BCUT2D eigenvalue weighted by Crippen LogP contribution is -2.38. The van der Waals surface area contributed by atoms with Crippen molar-refractivity contribution in [2.75, 3.05) is 0 Å². The van der Waals surface area contributed by atoms with Gasteiger partial charge in [0.25, 0.3) is 5.91 Å². The Hall–Kier alpha value is -3.26. The number of furan rings is 1. The van der Waals surface area contributed by atoms with Gasteiger partial charge >= 0.3 is 6.03 Å². The Kier molecular flexibility index (Phi) is 4.94. The molecular weight excluding hydrogens is 420 g/mol. The van der Waals surface area contributed by atoms with Gasteiger partial charge in [-0.3, -0.25) is 14.5 Å². The third kappa shape index (κ3) is 3.57. The van der Waals surface area contributed by atoms with E-state index in [4.69, 9.17) is 16.0 Å². The summed E-state index contributed by atoms with van der Waals surface area (Å²) < 4.78 is 5.21. The number of H-pyrrole nitrogens is 1. The first kappa shape index (κ1) is 19.7. The number of aryl methyl sites for hydroxylation is 1. The summed E-state index contributed by atoms with van der Waals surface area (Å²) in [6.45, 7) is 0.0393. The number of urea groups is 1. The number of para-hydroxylation sites is 1. The van der Waals surface area contributed by atoms with E-state index in [0.717, 1.165) is 40.8 Å². The van der Waals surface area contributed by atoms with Crippen molar-refractivity contribution in [3.8, 4) is 0 Å². The van der Waals surface area contributed by atoms with Crippen molar-refractivity contribution in [3.05, 3.63) is 58.6 Å². The minimum absolute atomic E-state index is 0.0393. The molecule has 3 aromatic rings. The normalized spacial score (nSPS) is 20.7. The highest BCUT2D eigenvalue weighted by Gasteiger charge is 2.40. The summed E-state index contributed by atoms with van der Waals surface area (Å²) in [5.41, 5.74) is 3.01. The van der Waals surface area contributed by atoms with Crippen molar-refractivity contribution in [3.63, 3.8) is 0 Å². The van der Waals surface area contributed by atoms with Crippen LogP contribution >= 0.6 is 11.6 Å². The maximum Gasteiger partial charge on any atom is 0.325 e. The van der Waals surface area contributed by atoms with Crippen LogP contribution in [0.3, 0.4) is 0 Å². The van der Waals surface area contributed by atoms with E-state index < -0.39 is 18.0 Å². The minimum Gasteiger partial charge on any atom is -0.467 e. The first-order valence-electron chi connectivity index (χ1n) is 10.2. The standard InChI is InChI=1S/C22H21ClN4O4/c23-15-7-1-5-13-14-6-2-8-16(20(14)26-19(13)15)24-18(28)10-17-21(29)27(22(30)25-17)11-12-4-3-9-31-12/h1,3-5,7,9,16-17,26H,2,6,8,10-11H2,(H,24,28)(H,25,30). The molecule has 0 spiro atoms. The summed E-state index contributed by atoms with van der Waals surface area (Å²) in [6.07, 6.45) is 4.01. The second-order valence-electron chi connectivity index (χ2n) is 7.90. The lowest BCUT2D eigenvalue weighted by molar-refractivity contribution is -0.131. The van der Waals surface area contributed by atoms with Gasteiger partial charge < -0.3 is 20.0 Å². The van der Waals surface area contributed by atoms with Gasteiger partial charge in [-0.1, -0.05) is 23.7 Å². The van der Waals surface area contributed by atoms with Crippen LogP contribution in [0.15, 0.2) is 41.0 Å². The third-order valence-electron chi connectivity index (χ3n) is 5.92. The van der Waals surface area contributed by atoms with Gasteiger partial charge in [-0.05, 0) is 43.0 Å². The molecule has 3 N–H and O–H groups in total. The second kappa shape index (κ2) is 7.77. The molecule has 5 rings (SSSR count). The maximum absolute atomic E-state index is 12.7. The van der Waals surface area contributed by atoms with Crippen molar-refractivity contribution in [2.45, 2.75) is 44.3 Å². The molecule has 3 heterocycles. The van der Waals surface area contributed by atoms with Gasteiger partial charge in [0.15, 0.2) is 0 Å². The van der Waals surface area contributed by atoms with Crippen LogP contribution in [0.25, 0.3) is 10.9 Å². The Labute approximate surface area is 182 Å². The van der Waals surface area contributed by atoms with Gasteiger partial charge in [0.2, 0.25) is 5.91 Å². The van der Waals surface area contributed by atoms with E-state index in [2.05, 4.69) is 15.6 Å². The number of rotatable bonds is 5. The van der Waals surface area contributed by atoms with Crippen LogP contribution < -0.4 is 10.6 Å². The molecule has 2 aromatic heterocycles. The van der Waals surface area contributed by atoms with Gasteiger partial charge in [-0.2, -0.15) is 0 Å². The van der Waals surface area contributed by atoms with Crippen molar-refractivity contribution in [1.82, 2.24) is 20.5 Å². The Morgan fingerprint density at radius 1 is 1.26 bits per heavy atom. The molecule has 1 fully saturated rings. The summed E-state index contributed by atoms with van der Waals surface area (Å²) in [5.74, 6) is -0.222. The van der Waals surface area contributed by atoms with Gasteiger partial charge in [0.05, 0.1) is 35.8 Å². The number of amides is 4. The molecule has 2 unspecified atom stereocenters. The summed E-state index contributed by atoms with van der Waals surface area (Å²) in [4.78, 5) is 42.0. The van der Waals surface area contributed by atoms with E-state index in [-0.39, 0.29) is 24.9 Å². The number of hydrogen-bond acceptors (Lipinski definition) is 4. The predicted molar refractivity (Wildman–Crippen MR) is 113 cm³/mol. The predicted octanol–water partition coefficient (Wildman–Crippen LogP) is 3.42. The second-order valence-corrected chi connectivity index (χ2v) is 8.31. The van der Waals surface area contributed by atoms with Crippen molar-refractivity contribution in [2.24, 2.45) is 0 Å². The lowest BCUT2D eigenvalue weighted by Gasteiger charge is -2.24. The Bertz CT molecular complexity index is 1170. The molecule has 31 heavy (non-hydrogen) atoms. The molecule has 1 saturated heterocycles. The molecule has 2 aliphatic rings. The first-order chi connectivity index (χ1) is 15.0. The van der Waals surface area contributed by atoms with E-state index >= 15 is 0 Å². The number of carbonyl (C=O) groups excluding carboxylic acids is 3. The quantitative estimate of drug-likeness (QED) is 0.528. The molecule has 160 valence electrons. The topological polar surface area (TPSA) is 107 Å². The molecule has 2 atom stereocenters. The third-order valence-corrected chi connectivity index (χ3v) is 6.23. The van der Waals surface area contributed by atoms with Crippen LogP contribution in [-0.4, -0.2) is 33.8 Å². The Morgan fingerprint density at radius 2 is 2.13 bits per heavy atom. The molecule has 0 radical (unpaired) electrons. The highest BCUT2D eigenvalue weighted by molar-refractivity contribution is 6.35. The summed E-state index contributed by atoms with van der Waals surface area (Å²) in [7, 11) is 0. The number of fused-ring (bicyclic) bond motifs is 3. The molecule has 1 aliphatic heterocycles. The van der Waals surface area contributed by atoms with E-state index in [0.29, 0.717) is 10.8 Å². The van der Waals surface area contributed by atoms with Gasteiger partial charge in [0.1, 0.15) is 11.8 Å². The largest absolute Gasteiger partial charge is 0.467 e. The van der Waals surface area contributed by atoms with Crippen molar-refractivity contribution in [1.29, 1.82) is 0 Å². The van der Waals surface area contributed by atoms with Crippen LogP contribution in [0.5, 0.6) is 0 Å². The molecule has 1 aliphatic carbocycles. The number of halogens is 1. The van der Waals surface area contributed by atoms with Crippen LogP contribution in [0.2, 0.25) is 5.02 Å². The van der Waals surface area contributed by atoms with Gasteiger partial charge in [-0.15, -0.1) is 0 Å². The zero-order valence-electron chi connectivity index (χ0n) is 16.6. The summed E-state index contributed by atoms with van der Waals surface area (Å²) in [5, 5.41) is 7.34. The number of nitrogens with zero attached hydrogens (tertiary/aromatic N) is 1. The van der Waals surface area contributed by atoms with Gasteiger partial charge in [-0.25, -0.2) is 4.79 Å². The summed E-state index contributed by atoms with van der Waals surface area (Å²) >= 11 is 6.33. The van der Waals surface area contributed by atoms with E-state index in [1.165, 1.54) is 11.8 Å². The number of aromatic amines is 1. The first-order valence-corrected chi connectivity index (χ1v) is 10.6. The smallest absolute Gasteiger partial charge is 0.325 e. The Morgan fingerprint density at radius 3 is 2.94 bits per heavy atom. The zero-order chi connectivity index (χ0) is 21.5. The van der Waals surface area contributed by atoms with Gasteiger partial charge in [0, 0.05) is 11.1 Å². The fourth-order valence-electron chi connectivity index (χ4n) is 4.46. The van der Waals surface area contributed by atoms with Crippen molar-refractivity contribution >= 4 is 40.3 Å².